The summed E-state index contributed by atoms with van der Waals surface area (Å²) in [6.45, 7) is 1.93. The van der Waals surface area contributed by atoms with Crippen LogP contribution in [-0.2, 0) is 9.53 Å². The molecule has 1 aromatic rings. The van der Waals surface area contributed by atoms with Crippen molar-refractivity contribution >= 4 is 17.6 Å². The molecule has 0 saturated heterocycles. The van der Waals surface area contributed by atoms with Gasteiger partial charge < -0.3 is 9.47 Å². The summed E-state index contributed by atoms with van der Waals surface area (Å²) in [6, 6.07) is 5.31. The molecule has 1 rings (SSSR count). The summed E-state index contributed by atoms with van der Waals surface area (Å²) in [5, 5.41) is 0.533. The van der Waals surface area contributed by atoms with Crippen LogP contribution in [0.25, 0.3) is 0 Å². The predicted octanol–water partition coefficient (Wildman–Crippen LogP) is 3.02. The van der Waals surface area contributed by atoms with Crippen molar-refractivity contribution in [1.29, 1.82) is 0 Å². The maximum absolute atomic E-state index is 11.5. The van der Waals surface area contributed by atoms with Crippen molar-refractivity contribution in [3.05, 3.63) is 28.8 Å². The minimum atomic E-state index is -0.267. The first-order valence-electron chi connectivity index (χ1n) is 5.05. The highest BCUT2D eigenvalue weighted by atomic mass is 35.5. The van der Waals surface area contributed by atoms with Gasteiger partial charge in [0.15, 0.2) is 0 Å². The van der Waals surface area contributed by atoms with Crippen LogP contribution in [0.3, 0.4) is 0 Å². The molecule has 0 aliphatic rings. The molecule has 0 radical (unpaired) electrons. The highest BCUT2D eigenvalue weighted by Crippen LogP contribution is 2.30. The number of hydrogen-bond acceptors (Lipinski definition) is 3. The summed E-state index contributed by atoms with van der Waals surface area (Å²) >= 11 is 5.92. The highest BCUT2D eigenvalue weighted by Gasteiger charge is 2.20. The van der Waals surface area contributed by atoms with Crippen molar-refractivity contribution in [2.24, 2.45) is 0 Å². The van der Waals surface area contributed by atoms with Gasteiger partial charge in [0.25, 0.3) is 0 Å². The molecule has 0 aliphatic carbocycles. The van der Waals surface area contributed by atoms with E-state index in [1.165, 1.54) is 7.11 Å². The Kier molecular flexibility index (Phi) is 4.62. The normalized spacial score (nSPS) is 12.0. The van der Waals surface area contributed by atoms with E-state index in [4.69, 9.17) is 21.1 Å². The zero-order valence-electron chi connectivity index (χ0n) is 9.62. The Labute approximate surface area is 100 Å². The first-order valence-corrected chi connectivity index (χ1v) is 5.43. The number of carbonyl (C=O) groups is 1. The molecule has 0 heterocycles. The molecular formula is C12H15ClO3. The summed E-state index contributed by atoms with van der Waals surface area (Å²) in [5.41, 5.74) is 0.857. The average Bonchev–Trinajstić information content (AvgIpc) is 2.31. The number of hydrogen-bond donors (Lipinski definition) is 0. The third-order valence-electron chi connectivity index (χ3n) is 2.47. The first kappa shape index (κ1) is 12.8. The Morgan fingerprint density at radius 3 is 2.62 bits per heavy atom. The van der Waals surface area contributed by atoms with E-state index in [2.05, 4.69) is 0 Å². The molecule has 3 nitrogen and oxygen atoms in total. The lowest BCUT2D eigenvalue weighted by atomic mass is 9.96. The molecule has 16 heavy (non-hydrogen) atoms. The quantitative estimate of drug-likeness (QED) is 0.762. The maximum Gasteiger partial charge on any atom is 0.313 e. The van der Waals surface area contributed by atoms with Gasteiger partial charge in [-0.05, 0) is 24.1 Å². The van der Waals surface area contributed by atoms with Gasteiger partial charge in [-0.1, -0.05) is 24.6 Å². The van der Waals surface area contributed by atoms with Crippen molar-refractivity contribution < 1.29 is 14.3 Å². The zero-order chi connectivity index (χ0) is 12.1. The predicted molar refractivity (Wildman–Crippen MR) is 63.1 cm³/mol. The van der Waals surface area contributed by atoms with E-state index in [1.54, 1.807) is 19.2 Å². The molecule has 0 amide bonds. The summed E-state index contributed by atoms with van der Waals surface area (Å²) in [6.07, 6.45) is 0.678. The SMILES string of the molecule is CCC(C(=O)OC)c1ccc(Cl)c(OC)c1. The van der Waals surface area contributed by atoms with Crippen LogP contribution in [0.5, 0.6) is 5.75 Å². The molecular weight excluding hydrogens is 228 g/mol. The summed E-state index contributed by atoms with van der Waals surface area (Å²) in [7, 11) is 2.93. The molecule has 0 bridgehead atoms. The Morgan fingerprint density at radius 1 is 1.44 bits per heavy atom. The lowest BCUT2D eigenvalue weighted by Crippen LogP contribution is -2.13. The van der Waals surface area contributed by atoms with Gasteiger partial charge in [0.2, 0.25) is 0 Å². The Morgan fingerprint density at radius 2 is 2.12 bits per heavy atom. The van der Waals surface area contributed by atoms with Crippen LogP contribution in [0.1, 0.15) is 24.8 Å². The third-order valence-corrected chi connectivity index (χ3v) is 2.78. The number of carbonyl (C=O) groups excluding carboxylic acids is 1. The molecule has 0 aliphatic heterocycles. The number of methoxy groups -OCH3 is 2. The monoisotopic (exact) mass is 242 g/mol. The van der Waals surface area contributed by atoms with Crippen LogP contribution < -0.4 is 4.74 Å². The van der Waals surface area contributed by atoms with Gasteiger partial charge in [0, 0.05) is 0 Å². The molecule has 0 saturated carbocycles. The highest BCUT2D eigenvalue weighted by molar-refractivity contribution is 6.32. The molecule has 88 valence electrons. The number of rotatable bonds is 4. The Hall–Kier alpha value is -1.22. The summed E-state index contributed by atoms with van der Waals surface area (Å²) in [4.78, 5) is 11.5. The van der Waals surface area contributed by atoms with E-state index < -0.39 is 0 Å². The maximum atomic E-state index is 11.5. The Balaban J connectivity index is 3.06. The fourth-order valence-electron chi connectivity index (χ4n) is 1.57. The van der Waals surface area contributed by atoms with Crippen molar-refractivity contribution in [1.82, 2.24) is 0 Å². The minimum Gasteiger partial charge on any atom is -0.495 e. The number of benzene rings is 1. The number of halogens is 1. The molecule has 1 unspecified atom stereocenters. The topological polar surface area (TPSA) is 35.5 Å². The first-order chi connectivity index (χ1) is 7.63. The van der Waals surface area contributed by atoms with E-state index in [-0.39, 0.29) is 11.9 Å². The van der Waals surface area contributed by atoms with Gasteiger partial charge in [-0.15, -0.1) is 0 Å². The van der Waals surface area contributed by atoms with Crippen molar-refractivity contribution in [2.75, 3.05) is 14.2 Å². The van der Waals surface area contributed by atoms with Crippen molar-refractivity contribution in [3.63, 3.8) is 0 Å². The van der Waals surface area contributed by atoms with Crippen molar-refractivity contribution in [3.8, 4) is 5.75 Å². The summed E-state index contributed by atoms with van der Waals surface area (Å²) < 4.78 is 9.86. The van der Waals surface area contributed by atoms with E-state index in [9.17, 15) is 4.79 Å². The van der Waals surface area contributed by atoms with Gasteiger partial charge >= 0.3 is 5.97 Å². The van der Waals surface area contributed by atoms with Crippen LogP contribution in [0.15, 0.2) is 18.2 Å². The smallest absolute Gasteiger partial charge is 0.313 e. The molecule has 1 atom stereocenters. The van der Waals surface area contributed by atoms with Crippen molar-refractivity contribution in [2.45, 2.75) is 19.3 Å². The van der Waals surface area contributed by atoms with Crippen LogP contribution >= 0.6 is 11.6 Å². The molecule has 0 aromatic heterocycles. The third kappa shape index (κ3) is 2.67. The average molecular weight is 243 g/mol. The van der Waals surface area contributed by atoms with E-state index in [0.717, 1.165) is 5.56 Å². The van der Waals surface area contributed by atoms with Gasteiger partial charge in [0.05, 0.1) is 25.2 Å². The van der Waals surface area contributed by atoms with Crippen LogP contribution in [0.4, 0.5) is 0 Å². The van der Waals surface area contributed by atoms with E-state index in [1.807, 2.05) is 13.0 Å². The second-order valence-corrected chi connectivity index (χ2v) is 3.79. The van der Waals surface area contributed by atoms with Crippen LogP contribution in [0.2, 0.25) is 5.02 Å². The van der Waals surface area contributed by atoms with Crippen LogP contribution in [0, 0.1) is 0 Å². The van der Waals surface area contributed by atoms with Crippen LogP contribution in [-0.4, -0.2) is 20.2 Å². The number of esters is 1. The van der Waals surface area contributed by atoms with Gasteiger partial charge in [0.1, 0.15) is 5.75 Å². The zero-order valence-corrected chi connectivity index (χ0v) is 10.4. The molecule has 0 fully saturated rings. The molecule has 0 spiro atoms. The lowest BCUT2D eigenvalue weighted by molar-refractivity contribution is -0.142. The standard InChI is InChI=1S/C12H15ClO3/c1-4-9(12(14)16-3)8-5-6-10(13)11(7-8)15-2/h5-7,9H,4H2,1-3H3. The second-order valence-electron chi connectivity index (χ2n) is 3.38. The van der Waals surface area contributed by atoms with E-state index >= 15 is 0 Å². The number of ether oxygens (including phenoxy) is 2. The van der Waals surface area contributed by atoms with Gasteiger partial charge in [-0.3, -0.25) is 4.79 Å². The fourth-order valence-corrected chi connectivity index (χ4v) is 1.77. The lowest BCUT2D eigenvalue weighted by Gasteiger charge is -2.14. The van der Waals surface area contributed by atoms with Gasteiger partial charge in [-0.2, -0.15) is 0 Å². The largest absolute Gasteiger partial charge is 0.495 e. The Bertz CT molecular complexity index is 377. The molecule has 4 heteroatoms. The second kappa shape index (κ2) is 5.75. The molecule has 1 aromatic carbocycles. The fraction of sp³-hybridized carbons (Fsp3) is 0.417. The van der Waals surface area contributed by atoms with E-state index in [0.29, 0.717) is 17.2 Å². The van der Waals surface area contributed by atoms with Gasteiger partial charge in [-0.25, -0.2) is 0 Å². The molecule has 0 N–H and O–H groups in total. The summed E-state index contributed by atoms with van der Waals surface area (Å²) in [5.74, 6) is 0.0598. The minimum absolute atomic E-state index is 0.244.